The van der Waals surface area contributed by atoms with E-state index in [0.29, 0.717) is 13.2 Å². The van der Waals surface area contributed by atoms with E-state index in [0.717, 1.165) is 24.5 Å². The highest BCUT2D eigenvalue weighted by atomic mass is 16.5. The van der Waals surface area contributed by atoms with Gasteiger partial charge in [-0.05, 0) is 61.7 Å². The van der Waals surface area contributed by atoms with Crippen LogP contribution in [0.3, 0.4) is 0 Å². The highest BCUT2D eigenvalue weighted by Crippen LogP contribution is 2.35. The lowest BCUT2D eigenvalue weighted by Crippen LogP contribution is -2.30. The van der Waals surface area contributed by atoms with E-state index in [4.69, 9.17) is 9.47 Å². The predicted molar refractivity (Wildman–Crippen MR) is 101 cm³/mol. The minimum Gasteiger partial charge on any atom is -0.494 e. The van der Waals surface area contributed by atoms with Crippen LogP contribution in [0.4, 0.5) is 0 Å². The van der Waals surface area contributed by atoms with Crippen LogP contribution >= 0.6 is 0 Å². The molecule has 3 aromatic rings. The summed E-state index contributed by atoms with van der Waals surface area (Å²) in [5, 5.41) is 4.92. The molecule has 130 valence electrons. The number of nitrogens with one attached hydrogen (secondary N) is 2. The number of aromatic amines is 1. The molecule has 0 spiro atoms. The van der Waals surface area contributed by atoms with Gasteiger partial charge in [-0.2, -0.15) is 0 Å². The molecule has 1 unspecified atom stereocenters. The summed E-state index contributed by atoms with van der Waals surface area (Å²) in [5.74, 6) is 1.85. The third-order valence-corrected chi connectivity index (χ3v) is 4.76. The van der Waals surface area contributed by atoms with Gasteiger partial charge in [0.2, 0.25) is 0 Å². The zero-order valence-electron chi connectivity index (χ0n) is 14.8. The summed E-state index contributed by atoms with van der Waals surface area (Å²) >= 11 is 0. The highest BCUT2D eigenvalue weighted by molar-refractivity contribution is 5.86. The van der Waals surface area contributed by atoms with Gasteiger partial charge in [-0.1, -0.05) is 12.1 Å². The summed E-state index contributed by atoms with van der Waals surface area (Å²) in [5.41, 5.74) is 5.09. The van der Waals surface area contributed by atoms with Crippen LogP contribution in [0.2, 0.25) is 0 Å². The van der Waals surface area contributed by atoms with E-state index in [1.165, 1.54) is 27.7 Å². The third kappa shape index (κ3) is 2.98. The fourth-order valence-corrected chi connectivity index (χ4v) is 3.67. The molecule has 1 aromatic heterocycles. The monoisotopic (exact) mass is 336 g/mol. The molecule has 4 rings (SSSR count). The van der Waals surface area contributed by atoms with E-state index in [9.17, 15) is 0 Å². The maximum absolute atomic E-state index is 5.68. The summed E-state index contributed by atoms with van der Waals surface area (Å²) in [6.45, 7) is 6.37. The molecule has 0 aliphatic carbocycles. The zero-order valence-corrected chi connectivity index (χ0v) is 14.8. The molecule has 0 fully saturated rings. The van der Waals surface area contributed by atoms with Gasteiger partial charge < -0.3 is 19.8 Å². The molecule has 1 atom stereocenters. The first-order valence-corrected chi connectivity index (χ1v) is 9.03. The molecular weight excluding hydrogens is 312 g/mol. The SMILES string of the molecule is CCOc1ccc(C2NCCc3c2[nH]c2ccc(OCC)cc32)cc1. The van der Waals surface area contributed by atoms with Crippen LogP contribution in [0.25, 0.3) is 10.9 Å². The molecule has 2 N–H and O–H groups in total. The van der Waals surface area contributed by atoms with E-state index >= 15 is 0 Å². The van der Waals surface area contributed by atoms with E-state index in [1.54, 1.807) is 0 Å². The molecule has 0 saturated heterocycles. The number of aromatic nitrogens is 1. The average Bonchev–Trinajstić information content (AvgIpc) is 3.01. The van der Waals surface area contributed by atoms with Crippen molar-refractivity contribution in [2.75, 3.05) is 19.8 Å². The molecule has 2 heterocycles. The van der Waals surface area contributed by atoms with Gasteiger partial charge in [-0.3, -0.25) is 0 Å². The molecule has 2 aromatic carbocycles. The Labute approximate surface area is 148 Å². The number of hydrogen-bond donors (Lipinski definition) is 2. The number of hydrogen-bond acceptors (Lipinski definition) is 3. The van der Waals surface area contributed by atoms with Gasteiger partial charge in [0.1, 0.15) is 11.5 Å². The standard InChI is InChI=1S/C21H24N2O2/c1-3-24-15-7-5-14(6-8-15)20-21-17(11-12-22-20)18-13-16(25-4-2)9-10-19(18)23-21/h5-10,13,20,22-23H,3-4,11-12H2,1-2H3. The van der Waals surface area contributed by atoms with Crippen molar-refractivity contribution in [3.63, 3.8) is 0 Å². The molecule has 1 aliphatic rings. The molecule has 25 heavy (non-hydrogen) atoms. The predicted octanol–water partition coefficient (Wildman–Crippen LogP) is 4.20. The maximum atomic E-state index is 5.68. The second-order valence-electron chi connectivity index (χ2n) is 6.30. The first-order valence-electron chi connectivity index (χ1n) is 9.03. The van der Waals surface area contributed by atoms with Crippen LogP contribution in [-0.4, -0.2) is 24.7 Å². The number of benzene rings is 2. The fraction of sp³-hybridized carbons (Fsp3) is 0.333. The molecule has 4 nitrogen and oxygen atoms in total. The van der Waals surface area contributed by atoms with Gasteiger partial charge in [0, 0.05) is 23.1 Å². The molecule has 0 amide bonds. The fourth-order valence-electron chi connectivity index (χ4n) is 3.67. The zero-order chi connectivity index (χ0) is 17.2. The normalized spacial score (nSPS) is 16.6. The largest absolute Gasteiger partial charge is 0.494 e. The van der Waals surface area contributed by atoms with Gasteiger partial charge >= 0.3 is 0 Å². The minimum atomic E-state index is 0.183. The lowest BCUT2D eigenvalue weighted by atomic mass is 9.94. The van der Waals surface area contributed by atoms with Crippen LogP contribution in [0.5, 0.6) is 11.5 Å². The summed E-state index contributed by atoms with van der Waals surface area (Å²) in [6.07, 6.45) is 1.03. The maximum Gasteiger partial charge on any atom is 0.120 e. The molecule has 0 bridgehead atoms. The Morgan fingerprint density at radius 3 is 2.44 bits per heavy atom. The van der Waals surface area contributed by atoms with Crippen LogP contribution in [-0.2, 0) is 6.42 Å². The Balaban J connectivity index is 1.72. The lowest BCUT2D eigenvalue weighted by molar-refractivity contribution is 0.340. The quantitative estimate of drug-likeness (QED) is 0.734. The van der Waals surface area contributed by atoms with Gasteiger partial charge in [0.15, 0.2) is 0 Å². The van der Waals surface area contributed by atoms with E-state index in [-0.39, 0.29) is 6.04 Å². The molecular formula is C21H24N2O2. The Morgan fingerprint density at radius 1 is 0.960 bits per heavy atom. The molecule has 4 heteroatoms. The van der Waals surface area contributed by atoms with Gasteiger partial charge in [-0.25, -0.2) is 0 Å². The van der Waals surface area contributed by atoms with Crippen molar-refractivity contribution < 1.29 is 9.47 Å². The Bertz CT molecular complexity index is 867. The number of ether oxygens (including phenoxy) is 2. The van der Waals surface area contributed by atoms with Crippen molar-refractivity contribution in [2.24, 2.45) is 0 Å². The summed E-state index contributed by atoms with van der Waals surface area (Å²) < 4.78 is 11.2. The van der Waals surface area contributed by atoms with Crippen molar-refractivity contribution >= 4 is 10.9 Å². The van der Waals surface area contributed by atoms with Crippen LogP contribution in [0, 0.1) is 0 Å². The van der Waals surface area contributed by atoms with Gasteiger partial charge in [0.25, 0.3) is 0 Å². The molecule has 0 radical (unpaired) electrons. The van der Waals surface area contributed by atoms with Crippen molar-refractivity contribution in [2.45, 2.75) is 26.3 Å². The van der Waals surface area contributed by atoms with Crippen molar-refractivity contribution in [3.8, 4) is 11.5 Å². The van der Waals surface area contributed by atoms with Crippen molar-refractivity contribution in [3.05, 3.63) is 59.3 Å². The van der Waals surface area contributed by atoms with E-state index < -0.39 is 0 Å². The first kappa shape index (κ1) is 16.0. The Kier molecular flexibility index (Phi) is 4.36. The summed E-state index contributed by atoms with van der Waals surface area (Å²) in [6, 6.07) is 14.9. The highest BCUT2D eigenvalue weighted by Gasteiger charge is 2.25. The summed E-state index contributed by atoms with van der Waals surface area (Å²) in [4.78, 5) is 3.62. The Morgan fingerprint density at radius 2 is 1.68 bits per heavy atom. The topological polar surface area (TPSA) is 46.3 Å². The van der Waals surface area contributed by atoms with E-state index in [1.807, 2.05) is 32.0 Å². The Hall–Kier alpha value is -2.46. The average molecular weight is 336 g/mol. The third-order valence-electron chi connectivity index (χ3n) is 4.76. The van der Waals surface area contributed by atoms with E-state index in [2.05, 4.69) is 34.6 Å². The molecule has 1 aliphatic heterocycles. The second-order valence-corrected chi connectivity index (χ2v) is 6.30. The van der Waals surface area contributed by atoms with Crippen molar-refractivity contribution in [1.29, 1.82) is 0 Å². The molecule has 0 saturated carbocycles. The van der Waals surface area contributed by atoms with Gasteiger partial charge in [-0.15, -0.1) is 0 Å². The minimum absolute atomic E-state index is 0.183. The number of fused-ring (bicyclic) bond motifs is 3. The van der Waals surface area contributed by atoms with Gasteiger partial charge in [0.05, 0.1) is 19.3 Å². The number of rotatable bonds is 5. The van der Waals surface area contributed by atoms with Crippen LogP contribution < -0.4 is 14.8 Å². The first-order chi connectivity index (χ1) is 12.3. The summed E-state index contributed by atoms with van der Waals surface area (Å²) in [7, 11) is 0. The number of H-pyrrole nitrogens is 1. The second kappa shape index (κ2) is 6.81. The smallest absolute Gasteiger partial charge is 0.120 e. The van der Waals surface area contributed by atoms with Crippen molar-refractivity contribution in [1.82, 2.24) is 10.3 Å². The van der Waals surface area contributed by atoms with Crippen LogP contribution in [0.1, 0.15) is 36.7 Å². The van der Waals surface area contributed by atoms with Crippen LogP contribution in [0.15, 0.2) is 42.5 Å². The lowest BCUT2D eigenvalue weighted by Gasteiger charge is -2.25.